The van der Waals surface area contributed by atoms with E-state index in [1.807, 2.05) is 6.07 Å². The van der Waals surface area contributed by atoms with E-state index in [0.717, 1.165) is 29.4 Å². The highest BCUT2D eigenvalue weighted by Crippen LogP contribution is 2.33. The van der Waals surface area contributed by atoms with Gasteiger partial charge in [-0.25, -0.2) is 14.4 Å². The van der Waals surface area contributed by atoms with Crippen LogP contribution in [0.15, 0.2) is 80.4 Å². The van der Waals surface area contributed by atoms with Gasteiger partial charge in [0.2, 0.25) is 0 Å². The van der Waals surface area contributed by atoms with Gasteiger partial charge in [-0.15, -0.1) is 0 Å². The van der Waals surface area contributed by atoms with E-state index in [0.29, 0.717) is 17.2 Å². The van der Waals surface area contributed by atoms with Crippen molar-refractivity contribution < 1.29 is 38.1 Å². The summed E-state index contributed by atoms with van der Waals surface area (Å²) in [4.78, 5) is 33.7. The van der Waals surface area contributed by atoms with Gasteiger partial charge in [-0.2, -0.15) is 0 Å². The van der Waals surface area contributed by atoms with Crippen molar-refractivity contribution in [1.29, 1.82) is 0 Å². The highest BCUT2D eigenvalue weighted by atomic mass is 16.6. The second-order valence-corrected chi connectivity index (χ2v) is 6.25. The molecule has 0 aliphatic heterocycles. The summed E-state index contributed by atoms with van der Waals surface area (Å²) in [5, 5.41) is 0. The van der Waals surface area contributed by atoms with E-state index in [4.69, 9.17) is 23.7 Å². The molecule has 0 heterocycles. The molecule has 0 amide bonds. The third-order valence-electron chi connectivity index (χ3n) is 4.02. The lowest BCUT2D eigenvalue weighted by Crippen LogP contribution is -2.12. The minimum absolute atomic E-state index is 0.0227. The standard InChI is InChI=1S/C25H24O8/c1-4-23(26)31-15-13-29-21-12-9-19(17-22(21)30-14-16-32-24(27)5-2)18-7-10-20(11-8-18)33-25(28)6-3/h4-12,17H,1-3,13-16H2. The summed E-state index contributed by atoms with van der Waals surface area (Å²) in [6, 6.07) is 12.2. The van der Waals surface area contributed by atoms with Crippen LogP contribution in [0.25, 0.3) is 11.1 Å². The summed E-state index contributed by atoms with van der Waals surface area (Å²) in [5.74, 6) is -0.435. The van der Waals surface area contributed by atoms with Crippen LogP contribution in [0.5, 0.6) is 17.2 Å². The van der Waals surface area contributed by atoms with E-state index in [9.17, 15) is 14.4 Å². The number of carbonyl (C=O) groups excluding carboxylic acids is 3. The van der Waals surface area contributed by atoms with E-state index in [-0.39, 0.29) is 26.4 Å². The van der Waals surface area contributed by atoms with E-state index >= 15 is 0 Å². The van der Waals surface area contributed by atoms with Crippen LogP contribution in [-0.4, -0.2) is 44.3 Å². The van der Waals surface area contributed by atoms with Gasteiger partial charge in [-0.1, -0.05) is 37.9 Å². The predicted octanol–water partition coefficient (Wildman–Crippen LogP) is 3.66. The van der Waals surface area contributed by atoms with Gasteiger partial charge in [-0.3, -0.25) is 0 Å². The average molecular weight is 452 g/mol. The summed E-state index contributed by atoms with van der Waals surface area (Å²) in [6.07, 6.45) is 3.22. The summed E-state index contributed by atoms with van der Waals surface area (Å²) < 4.78 is 26.3. The molecule has 0 atom stereocenters. The first kappa shape index (κ1) is 24.9. The highest BCUT2D eigenvalue weighted by Gasteiger charge is 2.10. The second-order valence-electron chi connectivity index (χ2n) is 6.25. The van der Waals surface area contributed by atoms with Crippen LogP contribution >= 0.6 is 0 Å². The van der Waals surface area contributed by atoms with Crippen LogP contribution in [-0.2, 0) is 23.9 Å². The fourth-order valence-electron chi connectivity index (χ4n) is 2.50. The van der Waals surface area contributed by atoms with Crippen molar-refractivity contribution in [1.82, 2.24) is 0 Å². The molecule has 0 aromatic heterocycles. The molecule has 0 unspecified atom stereocenters. The van der Waals surface area contributed by atoms with Crippen LogP contribution in [0.2, 0.25) is 0 Å². The Bertz CT molecular complexity index is 1010. The molecule has 8 nitrogen and oxygen atoms in total. The molecule has 0 fully saturated rings. The molecule has 0 saturated heterocycles. The van der Waals surface area contributed by atoms with Gasteiger partial charge in [0.1, 0.15) is 32.2 Å². The molecule has 0 saturated carbocycles. The maximum atomic E-state index is 11.3. The monoisotopic (exact) mass is 452 g/mol. The summed E-state index contributed by atoms with van der Waals surface area (Å²) in [5.41, 5.74) is 1.64. The van der Waals surface area contributed by atoms with Crippen molar-refractivity contribution in [2.75, 3.05) is 26.4 Å². The summed E-state index contributed by atoms with van der Waals surface area (Å²) in [7, 11) is 0. The first-order valence-corrected chi connectivity index (χ1v) is 9.89. The lowest BCUT2D eigenvalue weighted by Gasteiger charge is -2.15. The fraction of sp³-hybridized carbons (Fsp3) is 0.160. The molecular formula is C25H24O8. The number of hydrogen-bond donors (Lipinski definition) is 0. The summed E-state index contributed by atoms with van der Waals surface area (Å²) in [6.45, 7) is 10.3. The van der Waals surface area contributed by atoms with Gasteiger partial charge < -0.3 is 23.7 Å². The molecule has 0 aliphatic carbocycles. The lowest BCUT2D eigenvalue weighted by atomic mass is 10.0. The topological polar surface area (TPSA) is 97.4 Å². The van der Waals surface area contributed by atoms with Gasteiger partial charge in [-0.05, 0) is 35.4 Å². The smallest absolute Gasteiger partial charge is 0.335 e. The molecule has 8 heteroatoms. The Kier molecular flexibility index (Phi) is 9.94. The third kappa shape index (κ3) is 8.37. The van der Waals surface area contributed by atoms with Crippen LogP contribution in [0.3, 0.4) is 0 Å². The van der Waals surface area contributed by atoms with Crippen LogP contribution in [0.4, 0.5) is 0 Å². The van der Waals surface area contributed by atoms with Gasteiger partial charge in [0.05, 0.1) is 0 Å². The molecule has 2 rings (SSSR count). The Balaban J connectivity index is 2.13. The quantitative estimate of drug-likeness (QED) is 0.197. The minimum Gasteiger partial charge on any atom is -0.486 e. The van der Waals surface area contributed by atoms with Gasteiger partial charge in [0.25, 0.3) is 0 Å². The SMILES string of the molecule is C=CC(=O)OCCOc1ccc(-c2ccc(OC(=O)C=C)cc2)cc1OCCOC(=O)C=C. The van der Waals surface area contributed by atoms with Crippen molar-refractivity contribution in [3.8, 4) is 28.4 Å². The number of carbonyl (C=O) groups is 3. The number of esters is 3. The first-order chi connectivity index (χ1) is 16.0. The molecule has 0 bridgehead atoms. The number of benzene rings is 2. The number of rotatable bonds is 13. The molecular weight excluding hydrogens is 428 g/mol. The van der Waals surface area contributed by atoms with Crippen molar-refractivity contribution in [3.05, 3.63) is 80.4 Å². The zero-order valence-corrected chi connectivity index (χ0v) is 18.0. The third-order valence-corrected chi connectivity index (χ3v) is 4.02. The molecule has 33 heavy (non-hydrogen) atoms. The Hall–Kier alpha value is -4.33. The Labute approximate surface area is 191 Å². The molecule has 172 valence electrons. The molecule has 2 aromatic carbocycles. The van der Waals surface area contributed by atoms with E-state index < -0.39 is 17.9 Å². The zero-order chi connectivity index (χ0) is 24.1. The lowest BCUT2D eigenvalue weighted by molar-refractivity contribution is -0.139. The molecule has 0 radical (unpaired) electrons. The molecule has 2 aromatic rings. The van der Waals surface area contributed by atoms with Crippen LogP contribution < -0.4 is 14.2 Å². The van der Waals surface area contributed by atoms with Gasteiger partial charge >= 0.3 is 17.9 Å². The van der Waals surface area contributed by atoms with Crippen LogP contribution in [0, 0.1) is 0 Å². The van der Waals surface area contributed by atoms with E-state index in [1.165, 1.54) is 0 Å². The maximum Gasteiger partial charge on any atom is 0.335 e. The van der Waals surface area contributed by atoms with Crippen molar-refractivity contribution in [2.45, 2.75) is 0 Å². The zero-order valence-electron chi connectivity index (χ0n) is 18.0. The molecule has 0 N–H and O–H groups in total. The number of ether oxygens (including phenoxy) is 5. The van der Waals surface area contributed by atoms with Crippen molar-refractivity contribution in [2.24, 2.45) is 0 Å². The van der Waals surface area contributed by atoms with Crippen LogP contribution in [0.1, 0.15) is 0 Å². The number of hydrogen-bond acceptors (Lipinski definition) is 8. The first-order valence-electron chi connectivity index (χ1n) is 9.89. The highest BCUT2D eigenvalue weighted by molar-refractivity contribution is 5.83. The predicted molar refractivity (Wildman–Crippen MR) is 121 cm³/mol. The summed E-state index contributed by atoms with van der Waals surface area (Å²) >= 11 is 0. The Morgan fingerprint density at radius 2 is 1.15 bits per heavy atom. The van der Waals surface area contributed by atoms with Gasteiger partial charge in [0.15, 0.2) is 11.5 Å². The Morgan fingerprint density at radius 3 is 1.70 bits per heavy atom. The molecule has 0 spiro atoms. The fourth-order valence-corrected chi connectivity index (χ4v) is 2.50. The van der Waals surface area contributed by atoms with E-state index in [1.54, 1.807) is 36.4 Å². The Morgan fingerprint density at radius 1 is 0.636 bits per heavy atom. The minimum atomic E-state index is -0.551. The second kappa shape index (κ2) is 13.2. The largest absolute Gasteiger partial charge is 0.486 e. The van der Waals surface area contributed by atoms with Crippen molar-refractivity contribution in [3.63, 3.8) is 0 Å². The van der Waals surface area contributed by atoms with Crippen molar-refractivity contribution >= 4 is 17.9 Å². The normalized spacial score (nSPS) is 9.82. The maximum absolute atomic E-state index is 11.3. The molecule has 0 aliphatic rings. The average Bonchev–Trinajstić information content (AvgIpc) is 2.84. The van der Waals surface area contributed by atoms with Gasteiger partial charge in [0, 0.05) is 18.2 Å². The van der Waals surface area contributed by atoms with E-state index in [2.05, 4.69) is 19.7 Å².